The van der Waals surface area contributed by atoms with Gasteiger partial charge in [0, 0.05) is 92.9 Å². The number of unbranched alkanes of at least 4 members (excludes halogenated alkanes) is 1. The molecule has 5 amide bonds. The number of carbonyl (C=O) groups excluding carboxylic acids is 8. The van der Waals surface area contributed by atoms with Gasteiger partial charge in [0.25, 0.3) is 0 Å². The van der Waals surface area contributed by atoms with E-state index in [9.17, 15) is 48.3 Å². The van der Waals surface area contributed by atoms with Crippen molar-refractivity contribution in [3.8, 4) is 0 Å². The number of rotatable bonds is 20. The number of fused-ring (bicyclic) bond motifs is 1. The van der Waals surface area contributed by atoms with Crippen molar-refractivity contribution in [2.45, 2.75) is 128 Å². The summed E-state index contributed by atoms with van der Waals surface area (Å²) < 4.78 is 0. The van der Waals surface area contributed by atoms with Crippen LogP contribution >= 0.6 is 0 Å². The minimum atomic E-state index is -1.41. The summed E-state index contributed by atoms with van der Waals surface area (Å²) in [5, 5.41) is 24.8. The average molecular weight is 1010 g/mol. The first-order chi connectivity index (χ1) is 35.0. The van der Waals surface area contributed by atoms with E-state index in [2.05, 4.69) is 46.5 Å². The lowest BCUT2D eigenvalue weighted by Gasteiger charge is -2.27. The third kappa shape index (κ3) is 18.1. The van der Waals surface area contributed by atoms with Crippen LogP contribution in [-0.4, -0.2) is 116 Å². The first-order valence-electron chi connectivity index (χ1n) is 24.9. The number of carbonyl (C=O) groups is 9. The highest BCUT2D eigenvalue weighted by Crippen LogP contribution is 2.27. The number of carboxylic acid groups (broad SMARTS) is 1. The molecule has 0 bridgehead atoms. The largest absolute Gasteiger partial charge is 0.481 e. The molecular formula is C52H69N11O10. The molecule has 1 aliphatic rings. The summed E-state index contributed by atoms with van der Waals surface area (Å²) in [6.45, 7) is 3.16. The summed E-state index contributed by atoms with van der Waals surface area (Å²) in [4.78, 5) is 139. The SMILES string of the molecule is CCCC[C@H](NC(C)=O)C(=O)N[C@H]1CCC(=O)NCC[C@@H](C(=O)C[C@@H](Cc2c[nH]c3ccccc23)C(=O)O)CC(=O)[C@H](CCCN=C(N)N)CC(=O)[C@@H](Cc2ccccc2)NC(=O)[C@H](Cc2cnc[nH]2)NC1=O. The monoisotopic (exact) mass is 1010 g/mol. The number of nitrogens with two attached hydrogens (primary N) is 2. The van der Waals surface area contributed by atoms with Crippen molar-refractivity contribution in [3.05, 3.63) is 90.1 Å². The number of hydrogen-bond donors (Lipinski definition) is 10. The molecule has 7 atom stereocenters. The Labute approximate surface area is 423 Å². The number of para-hydroxylation sites is 1. The number of hydrogen-bond acceptors (Lipinski definition) is 11. The molecule has 0 saturated carbocycles. The van der Waals surface area contributed by atoms with Crippen LogP contribution in [0.2, 0.25) is 0 Å². The third-order valence-electron chi connectivity index (χ3n) is 13.0. The summed E-state index contributed by atoms with van der Waals surface area (Å²) in [5.74, 6) is -9.52. The molecule has 5 rings (SSSR count). The van der Waals surface area contributed by atoms with Crippen LogP contribution in [0.15, 0.2) is 78.3 Å². The smallest absolute Gasteiger partial charge is 0.307 e. The molecule has 0 aliphatic carbocycles. The number of aliphatic imine (C=N–C) groups is 1. The van der Waals surface area contributed by atoms with Crippen molar-refractivity contribution in [1.82, 2.24) is 41.5 Å². The van der Waals surface area contributed by atoms with Gasteiger partial charge in [-0.05, 0) is 62.1 Å². The van der Waals surface area contributed by atoms with Gasteiger partial charge in [0.1, 0.15) is 29.7 Å². The first-order valence-corrected chi connectivity index (χ1v) is 24.9. The fourth-order valence-corrected chi connectivity index (χ4v) is 8.99. The predicted molar refractivity (Wildman–Crippen MR) is 271 cm³/mol. The second-order valence-electron chi connectivity index (χ2n) is 18.7. The third-order valence-corrected chi connectivity index (χ3v) is 13.0. The van der Waals surface area contributed by atoms with Crippen LogP contribution in [0, 0.1) is 17.8 Å². The maximum atomic E-state index is 14.7. The zero-order valence-corrected chi connectivity index (χ0v) is 41.5. The van der Waals surface area contributed by atoms with Crippen LogP contribution in [0.4, 0.5) is 0 Å². The number of amides is 5. The Balaban J connectivity index is 1.52. The Bertz CT molecular complexity index is 2560. The number of aromatic amines is 2. The number of imidazole rings is 1. The highest BCUT2D eigenvalue weighted by molar-refractivity contribution is 5.98. The Morgan fingerprint density at radius 3 is 2.32 bits per heavy atom. The number of benzene rings is 2. The highest BCUT2D eigenvalue weighted by atomic mass is 16.4. The molecular weight excluding hydrogens is 939 g/mol. The fourth-order valence-electron chi connectivity index (χ4n) is 8.99. The van der Waals surface area contributed by atoms with E-state index < -0.39 is 108 Å². The lowest BCUT2D eigenvalue weighted by atomic mass is 9.81. The minimum absolute atomic E-state index is 0.00603. The van der Waals surface area contributed by atoms with Crippen molar-refractivity contribution < 1.29 is 48.3 Å². The molecule has 1 saturated heterocycles. The Morgan fingerprint density at radius 1 is 0.877 bits per heavy atom. The van der Waals surface area contributed by atoms with Crippen molar-refractivity contribution in [1.29, 1.82) is 0 Å². The van der Waals surface area contributed by atoms with Gasteiger partial charge >= 0.3 is 5.97 Å². The molecule has 21 nitrogen and oxygen atoms in total. The van der Waals surface area contributed by atoms with Crippen LogP contribution in [0.5, 0.6) is 0 Å². The van der Waals surface area contributed by atoms with Crippen molar-refractivity contribution in [3.63, 3.8) is 0 Å². The van der Waals surface area contributed by atoms with Crippen molar-refractivity contribution in [2.24, 2.45) is 34.2 Å². The van der Waals surface area contributed by atoms with Crippen LogP contribution in [0.1, 0.15) is 101 Å². The molecule has 3 heterocycles. The maximum Gasteiger partial charge on any atom is 0.307 e. The zero-order chi connectivity index (χ0) is 52.9. The number of carboxylic acids is 1. The summed E-state index contributed by atoms with van der Waals surface area (Å²) in [7, 11) is 0. The molecule has 1 fully saturated rings. The molecule has 4 aromatic rings. The van der Waals surface area contributed by atoms with Gasteiger partial charge in [-0.3, -0.25) is 48.1 Å². The Kier molecular flexibility index (Phi) is 21.8. The van der Waals surface area contributed by atoms with E-state index >= 15 is 0 Å². The van der Waals surface area contributed by atoms with Gasteiger partial charge in [0.15, 0.2) is 11.7 Å². The molecule has 2 aromatic carbocycles. The van der Waals surface area contributed by atoms with E-state index in [1.54, 1.807) is 36.5 Å². The summed E-state index contributed by atoms with van der Waals surface area (Å²) in [6.07, 6.45) is 4.43. The van der Waals surface area contributed by atoms with Crippen LogP contribution < -0.4 is 38.1 Å². The molecule has 73 heavy (non-hydrogen) atoms. The number of ketones is 3. The topological polar surface area (TPSA) is 343 Å². The van der Waals surface area contributed by atoms with Crippen molar-refractivity contribution in [2.75, 3.05) is 13.1 Å². The van der Waals surface area contributed by atoms with Gasteiger partial charge in [0.05, 0.1) is 18.3 Å². The molecule has 392 valence electrons. The van der Waals surface area contributed by atoms with E-state index in [0.29, 0.717) is 29.7 Å². The van der Waals surface area contributed by atoms with Crippen LogP contribution in [0.25, 0.3) is 10.9 Å². The van der Waals surface area contributed by atoms with E-state index in [1.807, 2.05) is 31.2 Å². The van der Waals surface area contributed by atoms with Gasteiger partial charge < -0.3 is 53.1 Å². The summed E-state index contributed by atoms with van der Waals surface area (Å²) in [6, 6.07) is 11.2. The Morgan fingerprint density at radius 2 is 1.62 bits per heavy atom. The normalized spacial score (nSPS) is 20.5. The Hall–Kier alpha value is -7.71. The summed E-state index contributed by atoms with van der Waals surface area (Å²) in [5.41, 5.74) is 13.8. The molecule has 0 spiro atoms. The van der Waals surface area contributed by atoms with Gasteiger partial charge in [0.2, 0.25) is 29.5 Å². The standard InChI is InChI=1S/C52H69N11O10/c1-3-4-15-40(60-31(2)64)48(69)61-41-17-18-47(68)56-21-19-34(45(66)26-35(51(72)73)23-36-28-58-39-16-9-8-14-38(36)39)24-44(65)33(13-10-20-57-52(53)54)25-46(67)42(22-32-11-6-5-7-12-32)62-50(71)43(63-49(41)70)27-37-29-55-30-59-37/h5-9,11-12,14,16,28-30,33-35,40-43,58H,3-4,10,13,15,17-27H2,1-2H3,(H,55,59)(H,56,68)(H,60,64)(H,61,69)(H,62,71)(H,63,70)(H,72,73)(H4,53,54,57)/t33-,34-,35-,40+,41+,42-,43+/m1/s1. The quantitative estimate of drug-likeness (QED) is 0.0346. The molecule has 0 unspecified atom stereocenters. The maximum absolute atomic E-state index is 14.7. The van der Waals surface area contributed by atoms with E-state index in [0.717, 1.165) is 10.9 Å². The zero-order valence-electron chi connectivity index (χ0n) is 41.5. The number of aliphatic carboxylic acids is 1. The predicted octanol–water partition coefficient (Wildman–Crippen LogP) is 2.23. The van der Waals surface area contributed by atoms with Crippen LogP contribution in [0.3, 0.4) is 0 Å². The van der Waals surface area contributed by atoms with Gasteiger partial charge in [-0.15, -0.1) is 0 Å². The van der Waals surface area contributed by atoms with E-state index in [1.165, 1.54) is 19.4 Å². The number of guanidine groups is 1. The van der Waals surface area contributed by atoms with E-state index in [4.69, 9.17) is 11.5 Å². The van der Waals surface area contributed by atoms with Gasteiger partial charge in [-0.25, -0.2) is 4.98 Å². The molecule has 21 heteroatoms. The second kappa shape index (κ2) is 28.4. The van der Waals surface area contributed by atoms with E-state index in [-0.39, 0.29) is 83.3 Å². The second-order valence-corrected chi connectivity index (χ2v) is 18.7. The van der Waals surface area contributed by atoms with Crippen molar-refractivity contribution >= 4 is 69.7 Å². The van der Waals surface area contributed by atoms with Gasteiger partial charge in [-0.2, -0.15) is 0 Å². The molecule has 0 radical (unpaired) electrons. The number of aromatic nitrogens is 3. The number of nitrogens with zero attached hydrogens (tertiary/aromatic N) is 2. The number of H-pyrrole nitrogens is 2. The molecule has 12 N–H and O–H groups in total. The average Bonchev–Trinajstić information content (AvgIpc) is 4.03. The highest BCUT2D eigenvalue weighted by Gasteiger charge is 2.36. The lowest BCUT2D eigenvalue weighted by Crippen LogP contribution is -2.58. The number of nitrogens with one attached hydrogen (secondary N) is 7. The summed E-state index contributed by atoms with van der Waals surface area (Å²) >= 11 is 0. The molecule has 2 aromatic heterocycles. The minimum Gasteiger partial charge on any atom is -0.481 e. The fraction of sp³-hybridized carbons (Fsp3) is 0.481. The lowest BCUT2D eigenvalue weighted by molar-refractivity contribution is -0.144. The molecule has 1 aliphatic heterocycles. The number of Topliss-reactive ketones (excluding diaryl/α,β-unsaturated/α-hetero) is 3. The first kappa shape index (κ1) is 56.2. The van der Waals surface area contributed by atoms with Crippen LogP contribution in [-0.2, 0) is 62.4 Å². The van der Waals surface area contributed by atoms with Gasteiger partial charge in [-0.1, -0.05) is 68.3 Å².